The summed E-state index contributed by atoms with van der Waals surface area (Å²) < 4.78 is 30.3. The van der Waals surface area contributed by atoms with Gasteiger partial charge in [-0.05, 0) is 37.8 Å². The Bertz CT molecular complexity index is 664. The van der Waals surface area contributed by atoms with E-state index in [1.54, 1.807) is 4.90 Å². The van der Waals surface area contributed by atoms with Crippen molar-refractivity contribution in [1.82, 2.24) is 0 Å². The van der Waals surface area contributed by atoms with E-state index in [-0.39, 0.29) is 17.8 Å². The molecular formula is C16H21NO4S. The molecule has 5 nitrogen and oxygen atoms in total. The predicted molar refractivity (Wildman–Crippen MR) is 84.7 cm³/mol. The lowest BCUT2D eigenvalue weighted by molar-refractivity contribution is -0.117. The summed E-state index contributed by atoms with van der Waals surface area (Å²) in [6, 6.07) is 7.66. The van der Waals surface area contributed by atoms with E-state index in [2.05, 4.69) is 0 Å². The highest BCUT2D eigenvalue weighted by atomic mass is 32.2. The molecule has 3 rings (SSSR count). The summed E-state index contributed by atoms with van der Waals surface area (Å²) in [5, 5.41) is -1.03. The van der Waals surface area contributed by atoms with Crippen molar-refractivity contribution in [3.8, 4) is 0 Å². The maximum Gasteiger partial charge on any atom is 0.245 e. The third-order valence-electron chi connectivity index (χ3n) is 4.48. The molecule has 0 aliphatic carbocycles. The van der Waals surface area contributed by atoms with Crippen molar-refractivity contribution >= 4 is 21.4 Å². The zero-order valence-electron chi connectivity index (χ0n) is 12.7. The molecule has 0 aromatic heterocycles. The van der Waals surface area contributed by atoms with Crippen LogP contribution in [0.25, 0.3) is 0 Å². The molecule has 6 heteroatoms. The van der Waals surface area contributed by atoms with Crippen LogP contribution in [-0.2, 0) is 25.8 Å². The molecule has 22 heavy (non-hydrogen) atoms. The van der Waals surface area contributed by atoms with E-state index in [0.717, 1.165) is 30.5 Å². The maximum atomic E-state index is 12.6. The smallest absolute Gasteiger partial charge is 0.245 e. The highest BCUT2D eigenvalue weighted by Gasteiger charge is 2.36. The van der Waals surface area contributed by atoms with E-state index >= 15 is 0 Å². The molecule has 2 aliphatic heterocycles. The summed E-state index contributed by atoms with van der Waals surface area (Å²) in [5.74, 6) is -0.391. The van der Waals surface area contributed by atoms with Crippen LogP contribution in [0.2, 0.25) is 0 Å². The number of rotatable bonds is 4. The number of nitrogens with zero attached hydrogens (tertiary/aromatic N) is 1. The number of hydrogen-bond donors (Lipinski definition) is 0. The highest BCUT2D eigenvalue weighted by molar-refractivity contribution is 7.92. The Hall–Kier alpha value is -1.40. The molecule has 0 radical (unpaired) electrons. The van der Waals surface area contributed by atoms with E-state index in [1.165, 1.54) is 6.92 Å². The number of fused-ring (bicyclic) bond motifs is 1. The van der Waals surface area contributed by atoms with Crippen LogP contribution in [0.15, 0.2) is 24.3 Å². The Kier molecular flexibility index (Phi) is 4.23. The van der Waals surface area contributed by atoms with Gasteiger partial charge >= 0.3 is 0 Å². The number of ether oxygens (including phenoxy) is 1. The van der Waals surface area contributed by atoms with Gasteiger partial charge in [-0.2, -0.15) is 0 Å². The van der Waals surface area contributed by atoms with Gasteiger partial charge in [0.25, 0.3) is 0 Å². The third-order valence-corrected chi connectivity index (χ3v) is 6.60. The van der Waals surface area contributed by atoms with Gasteiger partial charge in [0.1, 0.15) is 5.25 Å². The molecule has 2 atom stereocenters. The van der Waals surface area contributed by atoms with Crippen molar-refractivity contribution in [2.45, 2.75) is 37.5 Å². The van der Waals surface area contributed by atoms with Gasteiger partial charge < -0.3 is 9.64 Å². The second kappa shape index (κ2) is 6.01. The first kappa shape index (κ1) is 15.5. The van der Waals surface area contributed by atoms with E-state index in [4.69, 9.17) is 4.74 Å². The minimum Gasteiger partial charge on any atom is -0.377 e. The number of sulfone groups is 1. The summed E-state index contributed by atoms with van der Waals surface area (Å²) >= 11 is 0. The molecular weight excluding hydrogens is 302 g/mol. The molecule has 120 valence electrons. The zero-order valence-corrected chi connectivity index (χ0v) is 13.5. The molecule has 1 amide bonds. The van der Waals surface area contributed by atoms with Crippen molar-refractivity contribution in [2.75, 3.05) is 23.8 Å². The summed E-state index contributed by atoms with van der Waals surface area (Å²) in [6.07, 6.45) is 2.17. The molecule has 1 aromatic rings. The summed E-state index contributed by atoms with van der Waals surface area (Å²) in [4.78, 5) is 14.2. The zero-order chi connectivity index (χ0) is 15.7. The van der Waals surface area contributed by atoms with Gasteiger partial charge in [-0.1, -0.05) is 18.2 Å². The quantitative estimate of drug-likeness (QED) is 0.843. The maximum absolute atomic E-state index is 12.6. The fourth-order valence-corrected chi connectivity index (χ4v) is 4.62. The van der Waals surface area contributed by atoms with Crippen molar-refractivity contribution in [3.05, 3.63) is 29.8 Å². The first-order valence-corrected chi connectivity index (χ1v) is 9.43. The average Bonchev–Trinajstić information content (AvgIpc) is 3.14. The number of carbonyl (C=O) groups excluding carboxylic acids is 1. The third kappa shape index (κ3) is 2.90. The standard InChI is InChI=1S/C16H21NO4S/c1-12(22(19,20)11-14-6-4-10-21-14)16(18)17-9-8-13-5-2-3-7-15(13)17/h2-3,5,7,12,14H,4,6,8-11H2,1H3. The number of amides is 1. The van der Waals surface area contributed by atoms with Crippen molar-refractivity contribution in [2.24, 2.45) is 0 Å². The molecule has 0 spiro atoms. The van der Waals surface area contributed by atoms with Crippen molar-refractivity contribution in [1.29, 1.82) is 0 Å². The Morgan fingerprint density at radius 3 is 2.91 bits per heavy atom. The van der Waals surface area contributed by atoms with E-state index in [0.29, 0.717) is 13.2 Å². The van der Waals surface area contributed by atoms with Crippen LogP contribution in [0.3, 0.4) is 0 Å². The van der Waals surface area contributed by atoms with Crippen molar-refractivity contribution in [3.63, 3.8) is 0 Å². The van der Waals surface area contributed by atoms with Crippen molar-refractivity contribution < 1.29 is 17.9 Å². The van der Waals surface area contributed by atoms with Crippen LogP contribution >= 0.6 is 0 Å². The monoisotopic (exact) mass is 323 g/mol. The minimum absolute atomic E-state index is 0.0601. The SMILES string of the molecule is CC(C(=O)N1CCc2ccccc21)S(=O)(=O)CC1CCCO1. The van der Waals surface area contributed by atoms with Crippen LogP contribution in [0.1, 0.15) is 25.3 Å². The van der Waals surface area contributed by atoms with Crippen LogP contribution in [0, 0.1) is 0 Å². The number of anilines is 1. The second-order valence-corrected chi connectivity index (χ2v) is 8.34. The molecule has 1 aromatic carbocycles. The second-order valence-electron chi connectivity index (χ2n) is 5.98. The fourth-order valence-electron chi connectivity index (χ4n) is 3.12. The van der Waals surface area contributed by atoms with E-state index < -0.39 is 15.1 Å². The first-order chi connectivity index (χ1) is 10.5. The summed E-state index contributed by atoms with van der Waals surface area (Å²) in [5.41, 5.74) is 1.94. The van der Waals surface area contributed by atoms with Crippen LogP contribution in [-0.4, -0.2) is 44.6 Å². The number of para-hydroxylation sites is 1. The van der Waals surface area contributed by atoms with Gasteiger partial charge in [0.15, 0.2) is 9.84 Å². The Balaban J connectivity index is 1.74. The van der Waals surface area contributed by atoms with Gasteiger partial charge in [-0.25, -0.2) is 8.42 Å². The minimum atomic E-state index is -3.50. The predicted octanol–water partition coefficient (Wildman–Crippen LogP) is 1.56. The molecule has 2 unspecified atom stereocenters. The Morgan fingerprint density at radius 2 is 2.18 bits per heavy atom. The molecule has 0 N–H and O–H groups in total. The topological polar surface area (TPSA) is 63.7 Å². The lowest BCUT2D eigenvalue weighted by atomic mass is 10.2. The number of benzene rings is 1. The highest BCUT2D eigenvalue weighted by Crippen LogP contribution is 2.29. The molecule has 1 saturated heterocycles. The number of carbonyl (C=O) groups is 1. The van der Waals surface area contributed by atoms with E-state index in [9.17, 15) is 13.2 Å². The van der Waals surface area contributed by atoms with Gasteiger partial charge in [-0.15, -0.1) is 0 Å². The Morgan fingerprint density at radius 1 is 1.41 bits per heavy atom. The fraction of sp³-hybridized carbons (Fsp3) is 0.562. The first-order valence-electron chi connectivity index (χ1n) is 7.71. The lowest BCUT2D eigenvalue weighted by Crippen LogP contribution is -2.43. The normalized spacial score (nSPS) is 22.6. The molecule has 0 saturated carbocycles. The molecule has 2 heterocycles. The van der Waals surface area contributed by atoms with Gasteiger partial charge in [0.2, 0.25) is 5.91 Å². The molecule has 0 bridgehead atoms. The van der Waals surface area contributed by atoms with Crippen LogP contribution in [0.4, 0.5) is 5.69 Å². The molecule has 1 fully saturated rings. The summed E-state index contributed by atoms with van der Waals surface area (Å²) in [7, 11) is -3.50. The van der Waals surface area contributed by atoms with Crippen LogP contribution in [0.5, 0.6) is 0 Å². The van der Waals surface area contributed by atoms with Gasteiger partial charge in [-0.3, -0.25) is 4.79 Å². The summed E-state index contributed by atoms with van der Waals surface area (Å²) in [6.45, 7) is 2.66. The van der Waals surface area contributed by atoms with Gasteiger partial charge in [0.05, 0.1) is 11.9 Å². The number of hydrogen-bond acceptors (Lipinski definition) is 4. The van der Waals surface area contributed by atoms with E-state index in [1.807, 2.05) is 24.3 Å². The lowest BCUT2D eigenvalue weighted by Gasteiger charge is -2.22. The largest absolute Gasteiger partial charge is 0.377 e. The molecule has 2 aliphatic rings. The van der Waals surface area contributed by atoms with Crippen LogP contribution < -0.4 is 4.90 Å². The average molecular weight is 323 g/mol. The van der Waals surface area contributed by atoms with Gasteiger partial charge in [0, 0.05) is 18.8 Å². The Labute approximate surface area is 131 Å².